The number of hydrogen-bond donors (Lipinski definition) is 2. The number of rotatable bonds is 6. The van der Waals surface area contributed by atoms with Gasteiger partial charge in [-0.1, -0.05) is 25.1 Å². The first-order valence-corrected chi connectivity index (χ1v) is 11.1. The van der Waals surface area contributed by atoms with Crippen LogP contribution in [0.2, 0.25) is 0 Å². The summed E-state index contributed by atoms with van der Waals surface area (Å²) in [5.74, 6) is -1.46. The van der Waals surface area contributed by atoms with Crippen LogP contribution in [0.15, 0.2) is 61.4 Å². The zero-order chi connectivity index (χ0) is 23.0. The third kappa shape index (κ3) is 3.69. The Labute approximate surface area is 181 Å². The van der Waals surface area contributed by atoms with Gasteiger partial charge in [0, 0.05) is 25.0 Å². The van der Waals surface area contributed by atoms with E-state index in [2.05, 4.69) is 10.5 Å². The van der Waals surface area contributed by atoms with Crippen LogP contribution in [0.25, 0.3) is 21.9 Å². The molecule has 0 atom stereocenters. The van der Waals surface area contributed by atoms with Gasteiger partial charge in [0.25, 0.3) is 21.5 Å². The summed E-state index contributed by atoms with van der Waals surface area (Å²) in [5, 5.41) is 4.72. The number of aromatic nitrogens is 3. The number of hydrogen-bond acceptors (Lipinski definition) is 7. The molecule has 2 aromatic carbocycles. The molecule has 11 nitrogen and oxygen atoms in total. The number of hydrazine groups is 1. The maximum Gasteiger partial charge on any atom is 0.419 e. The molecule has 0 radical (unpaired) electrons. The van der Waals surface area contributed by atoms with Crippen LogP contribution in [0, 0.1) is 0 Å². The number of amides is 1. The number of nitrogens with one attached hydrogen (secondary N) is 2. The van der Waals surface area contributed by atoms with E-state index in [1.54, 1.807) is 24.3 Å². The Morgan fingerprint density at radius 2 is 1.84 bits per heavy atom. The Morgan fingerprint density at radius 3 is 2.56 bits per heavy atom. The number of carbonyl (C=O) groups excluding carboxylic acids is 1. The number of carbonyl (C=O) groups is 1. The van der Waals surface area contributed by atoms with Gasteiger partial charge >= 0.3 is 5.76 Å². The van der Waals surface area contributed by atoms with Gasteiger partial charge in [0.05, 0.1) is 15.8 Å². The Bertz CT molecular complexity index is 1580. The number of nitrogens with zero attached hydrogens (tertiary/aromatic N) is 3. The molecule has 0 saturated carbocycles. The fraction of sp³-hybridized carbons (Fsp3) is 0.200. The summed E-state index contributed by atoms with van der Waals surface area (Å²) in [6, 6.07) is 10.3. The van der Waals surface area contributed by atoms with Crippen molar-refractivity contribution >= 4 is 37.8 Å². The molecule has 0 aliphatic heterocycles. The third-order valence-corrected chi connectivity index (χ3v) is 6.14. The fourth-order valence-corrected chi connectivity index (χ4v) is 4.13. The molecular weight excluding hydrogens is 438 g/mol. The minimum absolute atomic E-state index is 0.0889. The first kappa shape index (κ1) is 21.5. The minimum Gasteiger partial charge on any atom is -0.408 e. The van der Waals surface area contributed by atoms with E-state index in [0.29, 0.717) is 29.3 Å². The first-order valence-electron chi connectivity index (χ1n) is 9.64. The van der Waals surface area contributed by atoms with E-state index in [4.69, 9.17) is 4.42 Å². The summed E-state index contributed by atoms with van der Waals surface area (Å²) in [6.07, 6.45) is 0.622. The normalized spacial score (nSPS) is 11.8. The number of oxazole rings is 1. The van der Waals surface area contributed by atoms with Crippen molar-refractivity contribution < 1.29 is 17.6 Å². The molecule has 0 bridgehead atoms. The van der Waals surface area contributed by atoms with Crippen molar-refractivity contribution in [1.82, 2.24) is 24.6 Å². The summed E-state index contributed by atoms with van der Waals surface area (Å²) in [6.45, 7) is 2.17. The summed E-state index contributed by atoms with van der Waals surface area (Å²) < 4.78 is 32.8. The van der Waals surface area contributed by atoms with E-state index in [0.717, 1.165) is 0 Å². The van der Waals surface area contributed by atoms with E-state index in [1.165, 1.54) is 34.5 Å². The van der Waals surface area contributed by atoms with Gasteiger partial charge in [-0.15, -0.1) is 4.83 Å². The van der Waals surface area contributed by atoms with Crippen molar-refractivity contribution in [3.8, 4) is 0 Å². The highest BCUT2D eigenvalue weighted by Gasteiger charge is 2.21. The second-order valence-corrected chi connectivity index (χ2v) is 8.72. The highest BCUT2D eigenvalue weighted by Crippen LogP contribution is 2.18. The highest BCUT2D eigenvalue weighted by molar-refractivity contribution is 7.89. The molecule has 0 saturated heterocycles. The number of aryl methyl sites for hydroxylation is 2. The molecule has 0 aliphatic carbocycles. The van der Waals surface area contributed by atoms with Crippen LogP contribution in [0.4, 0.5) is 0 Å². The lowest BCUT2D eigenvalue weighted by molar-refractivity contribution is 0.0939. The Kier molecular flexibility index (Phi) is 5.40. The summed E-state index contributed by atoms with van der Waals surface area (Å²) in [7, 11) is -2.69. The van der Waals surface area contributed by atoms with Gasteiger partial charge in [0.15, 0.2) is 11.3 Å². The van der Waals surface area contributed by atoms with Gasteiger partial charge in [0.2, 0.25) is 0 Å². The maximum atomic E-state index is 12.8. The van der Waals surface area contributed by atoms with E-state index < -0.39 is 21.7 Å². The van der Waals surface area contributed by atoms with Crippen LogP contribution in [0.1, 0.15) is 23.8 Å². The molecule has 0 aliphatic rings. The Hall–Kier alpha value is -3.77. The highest BCUT2D eigenvalue weighted by atomic mass is 32.2. The summed E-state index contributed by atoms with van der Waals surface area (Å²) in [5.41, 5.74) is 2.21. The molecule has 4 aromatic rings. The van der Waals surface area contributed by atoms with Crippen molar-refractivity contribution in [3.05, 3.63) is 69.1 Å². The molecule has 0 unspecified atom stereocenters. The Balaban J connectivity index is 1.65. The molecule has 2 aromatic heterocycles. The lowest BCUT2D eigenvalue weighted by Gasteiger charge is -2.12. The van der Waals surface area contributed by atoms with E-state index in [9.17, 15) is 22.8 Å². The minimum atomic E-state index is -4.19. The van der Waals surface area contributed by atoms with Crippen molar-refractivity contribution in [1.29, 1.82) is 0 Å². The topological polar surface area (TPSA) is 145 Å². The van der Waals surface area contributed by atoms with Crippen molar-refractivity contribution in [2.24, 2.45) is 7.05 Å². The maximum absolute atomic E-state index is 12.8. The van der Waals surface area contributed by atoms with Crippen molar-refractivity contribution in [3.63, 3.8) is 0 Å². The van der Waals surface area contributed by atoms with Gasteiger partial charge in [-0.05, 0) is 24.6 Å². The first-order chi connectivity index (χ1) is 15.2. The summed E-state index contributed by atoms with van der Waals surface area (Å²) in [4.78, 5) is 38.8. The molecule has 0 fully saturated rings. The summed E-state index contributed by atoms with van der Waals surface area (Å²) >= 11 is 0. The predicted octanol–water partition coefficient (Wildman–Crippen LogP) is 0.875. The smallest absolute Gasteiger partial charge is 0.408 e. The lowest BCUT2D eigenvalue weighted by Crippen LogP contribution is -2.42. The second kappa shape index (κ2) is 8.05. The molecule has 2 heterocycles. The van der Waals surface area contributed by atoms with Crippen LogP contribution in [-0.4, -0.2) is 28.7 Å². The van der Waals surface area contributed by atoms with E-state index >= 15 is 0 Å². The Morgan fingerprint density at radius 1 is 1.12 bits per heavy atom. The number of sulfonamides is 1. The van der Waals surface area contributed by atoms with Gasteiger partial charge in [-0.3, -0.25) is 19.6 Å². The van der Waals surface area contributed by atoms with Gasteiger partial charge in [-0.25, -0.2) is 17.9 Å². The SMILES string of the molecule is CCCn1nc(C(=O)NNS(=O)(=O)c2ccc3c(c2)oc(=O)n3C)c2ccccc2c1=O. The third-order valence-electron chi connectivity index (χ3n) is 4.89. The largest absolute Gasteiger partial charge is 0.419 e. The standard InChI is InChI=1S/C20H19N5O6S/c1-3-10-25-19(27)14-7-5-4-6-13(14)17(22-25)18(26)21-23-32(29,30)12-8-9-15-16(11-12)31-20(28)24(15)2/h4-9,11,23H,3,10H2,1-2H3,(H,21,26). The van der Waals surface area contributed by atoms with Gasteiger partial charge < -0.3 is 4.42 Å². The molecule has 1 amide bonds. The van der Waals surface area contributed by atoms with Gasteiger partial charge in [-0.2, -0.15) is 5.10 Å². The predicted molar refractivity (Wildman–Crippen MR) is 116 cm³/mol. The fourth-order valence-electron chi connectivity index (χ4n) is 3.28. The zero-order valence-corrected chi connectivity index (χ0v) is 18.0. The second-order valence-electron chi connectivity index (χ2n) is 7.04. The van der Waals surface area contributed by atoms with Crippen LogP contribution in [0.5, 0.6) is 0 Å². The molecule has 12 heteroatoms. The van der Waals surface area contributed by atoms with Crippen LogP contribution >= 0.6 is 0 Å². The molecule has 2 N–H and O–H groups in total. The van der Waals surface area contributed by atoms with E-state index in [1.807, 2.05) is 11.8 Å². The number of fused-ring (bicyclic) bond motifs is 2. The van der Waals surface area contributed by atoms with Crippen molar-refractivity contribution in [2.75, 3.05) is 0 Å². The number of benzene rings is 2. The van der Waals surface area contributed by atoms with Crippen LogP contribution < -0.4 is 21.6 Å². The average Bonchev–Trinajstić information content (AvgIpc) is 3.07. The quantitative estimate of drug-likeness (QED) is 0.409. The zero-order valence-electron chi connectivity index (χ0n) is 17.2. The molecule has 166 valence electrons. The van der Waals surface area contributed by atoms with E-state index in [-0.39, 0.29) is 21.7 Å². The molecule has 0 spiro atoms. The van der Waals surface area contributed by atoms with Gasteiger partial charge in [0.1, 0.15) is 0 Å². The van der Waals surface area contributed by atoms with Crippen LogP contribution in [0.3, 0.4) is 0 Å². The monoisotopic (exact) mass is 457 g/mol. The molecule has 32 heavy (non-hydrogen) atoms. The lowest BCUT2D eigenvalue weighted by atomic mass is 10.1. The molecule has 4 rings (SSSR count). The van der Waals surface area contributed by atoms with Crippen molar-refractivity contribution in [2.45, 2.75) is 24.8 Å². The average molecular weight is 457 g/mol. The molecular formula is C20H19N5O6S. The van der Waals surface area contributed by atoms with Crippen LogP contribution in [-0.2, 0) is 23.6 Å².